The average molecular weight is 293 g/mol. The number of allylic oxidation sites excluding steroid dienone is 2. The second-order valence-electron chi connectivity index (χ2n) is 5.43. The van der Waals surface area contributed by atoms with Gasteiger partial charge in [-0.1, -0.05) is 12.1 Å². The first-order chi connectivity index (χ1) is 10.7. The smallest absolute Gasteiger partial charge is 0.209 e. The number of hydrogen-bond donors (Lipinski definition) is 1. The normalized spacial score (nSPS) is 17.5. The van der Waals surface area contributed by atoms with Crippen molar-refractivity contribution in [3.05, 3.63) is 59.7 Å². The number of para-hydroxylation sites is 2. The van der Waals surface area contributed by atoms with Gasteiger partial charge in [0.1, 0.15) is 11.8 Å². The Kier molecular flexibility index (Phi) is 2.69. The van der Waals surface area contributed by atoms with E-state index in [-0.39, 0.29) is 11.8 Å². The lowest BCUT2D eigenvalue weighted by Gasteiger charge is -2.28. The van der Waals surface area contributed by atoms with Gasteiger partial charge in [-0.05, 0) is 38.1 Å². The molecule has 1 aromatic carbocycles. The number of furan rings is 1. The SMILES string of the molecule is CC(=O)C1=C(C)Nc2nc3ccccc3n2[C@@H]1c1ccco1. The van der Waals surface area contributed by atoms with Crippen LogP contribution < -0.4 is 5.32 Å². The Balaban J connectivity index is 2.05. The number of nitrogens with one attached hydrogen (secondary N) is 1. The number of anilines is 1. The molecule has 0 fully saturated rings. The van der Waals surface area contributed by atoms with Crippen molar-refractivity contribution < 1.29 is 9.21 Å². The largest absolute Gasteiger partial charge is 0.467 e. The van der Waals surface area contributed by atoms with Gasteiger partial charge in [0.05, 0.1) is 17.3 Å². The highest BCUT2D eigenvalue weighted by Crippen LogP contribution is 2.39. The van der Waals surface area contributed by atoms with Gasteiger partial charge < -0.3 is 9.73 Å². The summed E-state index contributed by atoms with van der Waals surface area (Å²) in [6.45, 7) is 3.48. The number of ketones is 1. The van der Waals surface area contributed by atoms with Gasteiger partial charge in [0.25, 0.3) is 0 Å². The average Bonchev–Trinajstić information content (AvgIpc) is 3.12. The van der Waals surface area contributed by atoms with Gasteiger partial charge in [0, 0.05) is 11.3 Å². The first-order valence-corrected chi connectivity index (χ1v) is 7.16. The lowest BCUT2D eigenvalue weighted by atomic mass is 9.97. The summed E-state index contributed by atoms with van der Waals surface area (Å²) in [5.74, 6) is 1.48. The van der Waals surface area contributed by atoms with Crippen LogP contribution in [-0.4, -0.2) is 15.3 Å². The maximum Gasteiger partial charge on any atom is 0.209 e. The van der Waals surface area contributed by atoms with Gasteiger partial charge in [-0.3, -0.25) is 9.36 Å². The fourth-order valence-electron chi connectivity index (χ4n) is 3.14. The summed E-state index contributed by atoms with van der Waals surface area (Å²) in [7, 11) is 0. The van der Waals surface area contributed by atoms with Crippen LogP contribution in [0.3, 0.4) is 0 Å². The number of carbonyl (C=O) groups excluding carboxylic acids is 1. The van der Waals surface area contributed by atoms with E-state index in [1.54, 1.807) is 13.2 Å². The van der Waals surface area contributed by atoms with E-state index in [4.69, 9.17) is 4.42 Å². The Hall–Kier alpha value is -2.82. The maximum atomic E-state index is 12.2. The molecule has 0 radical (unpaired) electrons. The molecular formula is C17H15N3O2. The standard InChI is InChI=1S/C17H15N3O2/c1-10-15(11(2)21)16(14-8-5-9-22-14)20-13-7-4-3-6-12(13)19-17(20)18-10/h3-9,16H,1-2H3,(H,18,19)/t16-/m1/s1. The zero-order chi connectivity index (χ0) is 15.3. The first-order valence-electron chi connectivity index (χ1n) is 7.16. The molecule has 0 saturated heterocycles. The second-order valence-corrected chi connectivity index (χ2v) is 5.43. The molecule has 5 heteroatoms. The van der Waals surface area contributed by atoms with E-state index >= 15 is 0 Å². The summed E-state index contributed by atoms with van der Waals surface area (Å²) in [5.41, 5.74) is 3.37. The van der Waals surface area contributed by atoms with Crippen molar-refractivity contribution in [2.24, 2.45) is 0 Å². The number of nitrogens with zero attached hydrogens (tertiary/aromatic N) is 2. The highest BCUT2D eigenvalue weighted by atomic mass is 16.3. The Bertz CT molecular complexity index is 903. The summed E-state index contributed by atoms with van der Waals surface area (Å²) < 4.78 is 7.64. The van der Waals surface area contributed by atoms with Crippen molar-refractivity contribution in [2.45, 2.75) is 19.9 Å². The highest BCUT2D eigenvalue weighted by Gasteiger charge is 2.33. The highest BCUT2D eigenvalue weighted by molar-refractivity contribution is 5.97. The molecule has 4 rings (SSSR count). The lowest BCUT2D eigenvalue weighted by Crippen LogP contribution is -2.26. The van der Waals surface area contributed by atoms with Crippen LogP contribution in [0.5, 0.6) is 0 Å². The minimum Gasteiger partial charge on any atom is -0.467 e. The van der Waals surface area contributed by atoms with Crippen molar-refractivity contribution >= 4 is 22.8 Å². The van der Waals surface area contributed by atoms with Crippen molar-refractivity contribution in [3.8, 4) is 0 Å². The topological polar surface area (TPSA) is 60.1 Å². The summed E-state index contributed by atoms with van der Waals surface area (Å²) >= 11 is 0. The number of Topliss-reactive ketones (excluding diaryl/α,β-unsaturated/α-hetero) is 1. The monoisotopic (exact) mass is 293 g/mol. The summed E-state index contributed by atoms with van der Waals surface area (Å²) in [6.07, 6.45) is 1.63. The predicted molar refractivity (Wildman–Crippen MR) is 83.6 cm³/mol. The minimum absolute atomic E-state index is 0.0230. The van der Waals surface area contributed by atoms with E-state index in [1.807, 2.05) is 47.9 Å². The molecular weight excluding hydrogens is 278 g/mol. The molecule has 0 bridgehead atoms. The fourth-order valence-corrected chi connectivity index (χ4v) is 3.14. The maximum absolute atomic E-state index is 12.2. The number of carbonyl (C=O) groups is 1. The van der Waals surface area contributed by atoms with E-state index < -0.39 is 0 Å². The van der Waals surface area contributed by atoms with Crippen LogP contribution in [0.15, 0.2) is 58.3 Å². The molecule has 2 aromatic heterocycles. The van der Waals surface area contributed by atoms with Crippen LogP contribution in [0.1, 0.15) is 25.6 Å². The lowest BCUT2D eigenvalue weighted by molar-refractivity contribution is -0.114. The van der Waals surface area contributed by atoms with Gasteiger partial charge in [-0.2, -0.15) is 0 Å². The van der Waals surface area contributed by atoms with Crippen LogP contribution in [0.25, 0.3) is 11.0 Å². The van der Waals surface area contributed by atoms with Crippen molar-refractivity contribution in [2.75, 3.05) is 5.32 Å². The molecule has 110 valence electrons. The van der Waals surface area contributed by atoms with E-state index in [1.165, 1.54) is 0 Å². The van der Waals surface area contributed by atoms with Crippen LogP contribution in [0.4, 0.5) is 5.95 Å². The molecule has 0 amide bonds. The molecule has 1 atom stereocenters. The van der Waals surface area contributed by atoms with Crippen LogP contribution >= 0.6 is 0 Å². The third-order valence-corrected chi connectivity index (χ3v) is 4.02. The Labute approximate surface area is 127 Å². The molecule has 1 aliphatic heterocycles. The molecule has 0 spiro atoms. The van der Waals surface area contributed by atoms with E-state index in [9.17, 15) is 4.79 Å². The molecule has 3 heterocycles. The molecule has 1 aliphatic rings. The van der Waals surface area contributed by atoms with Crippen molar-refractivity contribution in [1.29, 1.82) is 0 Å². The minimum atomic E-state index is -0.295. The van der Waals surface area contributed by atoms with Crippen LogP contribution in [-0.2, 0) is 4.79 Å². The third-order valence-electron chi connectivity index (χ3n) is 4.02. The molecule has 3 aromatic rings. The number of benzene rings is 1. The molecule has 22 heavy (non-hydrogen) atoms. The predicted octanol–water partition coefficient (Wildman–Crippen LogP) is 3.51. The summed E-state index contributed by atoms with van der Waals surface area (Å²) in [5, 5.41) is 3.24. The Morgan fingerprint density at radius 1 is 1.27 bits per heavy atom. The van der Waals surface area contributed by atoms with Crippen molar-refractivity contribution in [1.82, 2.24) is 9.55 Å². The number of aromatic nitrogens is 2. The van der Waals surface area contributed by atoms with Gasteiger partial charge in [-0.25, -0.2) is 4.98 Å². The second kappa shape index (κ2) is 4.59. The molecule has 0 saturated carbocycles. The van der Waals surface area contributed by atoms with Gasteiger partial charge in [-0.15, -0.1) is 0 Å². The van der Waals surface area contributed by atoms with E-state index in [0.717, 1.165) is 28.4 Å². The molecule has 5 nitrogen and oxygen atoms in total. The van der Waals surface area contributed by atoms with Gasteiger partial charge in [0.15, 0.2) is 5.78 Å². The zero-order valence-electron chi connectivity index (χ0n) is 12.3. The number of rotatable bonds is 2. The quantitative estimate of drug-likeness (QED) is 0.785. The third kappa shape index (κ3) is 1.72. The van der Waals surface area contributed by atoms with Gasteiger partial charge >= 0.3 is 0 Å². The first kappa shape index (κ1) is 12.9. The Morgan fingerprint density at radius 3 is 2.82 bits per heavy atom. The Morgan fingerprint density at radius 2 is 2.09 bits per heavy atom. The van der Waals surface area contributed by atoms with E-state index in [0.29, 0.717) is 5.57 Å². The summed E-state index contributed by atoms with van der Waals surface area (Å²) in [6, 6.07) is 11.3. The van der Waals surface area contributed by atoms with Crippen LogP contribution in [0.2, 0.25) is 0 Å². The zero-order valence-corrected chi connectivity index (χ0v) is 12.3. The van der Waals surface area contributed by atoms with Gasteiger partial charge in [0.2, 0.25) is 5.95 Å². The number of imidazole rings is 1. The van der Waals surface area contributed by atoms with E-state index in [2.05, 4.69) is 10.3 Å². The molecule has 0 unspecified atom stereocenters. The number of hydrogen-bond acceptors (Lipinski definition) is 4. The fraction of sp³-hybridized carbons (Fsp3) is 0.176. The summed E-state index contributed by atoms with van der Waals surface area (Å²) in [4.78, 5) is 16.8. The van der Waals surface area contributed by atoms with Crippen LogP contribution in [0, 0.1) is 0 Å². The number of fused-ring (bicyclic) bond motifs is 3. The molecule has 1 N–H and O–H groups in total. The van der Waals surface area contributed by atoms with Crippen molar-refractivity contribution in [3.63, 3.8) is 0 Å². The molecule has 0 aliphatic carbocycles.